The topological polar surface area (TPSA) is 75.8 Å². The second-order valence-electron chi connectivity index (χ2n) is 9.79. The van der Waals surface area contributed by atoms with Crippen LogP contribution < -0.4 is 5.73 Å². The van der Waals surface area contributed by atoms with Gasteiger partial charge in [0.05, 0.1) is 40.0 Å². The molecule has 28 heavy (non-hydrogen) atoms. The third-order valence-electron chi connectivity index (χ3n) is 7.52. The van der Waals surface area contributed by atoms with Crippen LogP contribution in [0.1, 0.15) is 66.5 Å². The lowest BCUT2D eigenvalue weighted by molar-refractivity contribution is -0.102. The van der Waals surface area contributed by atoms with Gasteiger partial charge in [-0.25, -0.2) is 4.39 Å². The summed E-state index contributed by atoms with van der Waals surface area (Å²) < 4.78 is 38.9. The molecule has 0 aromatic carbocycles. The van der Waals surface area contributed by atoms with Crippen LogP contribution in [-0.2, 0) is 18.6 Å². The van der Waals surface area contributed by atoms with Crippen LogP contribution in [0, 0.1) is 11.7 Å². The smallest absolute Gasteiger partial charge is 0.405 e. The minimum Gasteiger partial charge on any atom is -0.405 e. The highest BCUT2D eigenvalue weighted by Gasteiger charge is 2.71. The molecule has 4 heterocycles. The van der Waals surface area contributed by atoms with E-state index in [0.29, 0.717) is 17.8 Å². The molecule has 1 aromatic rings. The van der Waals surface area contributed by atoms with Crippen LogP contribution >= 0.6 is 0 Å². The van der Waals surface area contributed by atoms with E-state index in [9.17, 15) is 4.39 Å². The van der Waals surface area contributed by atoms with E-state index in [1.807, 2.05) is 27.7 Å². The van der Waals surface area contributed by atoms with Crippen molar-refractivity contribution in [3.8, 4) is 0 Å². The molecule has 0 radical (unpaired) electrons. The third-order valence-corrected chi connectivity index (χ3v) is 7.52. The molecule has 3 aliphatic rings. The van der Waals surface area contributed by atoms with Crippen molar-refractivity contribution in [1.29, 1.82) is 0 Å². The average molecular weight is 390 g/mol. The Kier molecular flexibility index (Phi) is 4.27. The molecule has 4 unspecified atom stereocenters. The fourth-order valence-electron chi connectivity index (χ4n) is 5.01. The Bertz CT molecular complexity index is 810. The molecular formula is C19H29B2FN2O4. The number of rotatable bonds is 2. The van der Waals surface area contributed by atoms with Gasteiger partial charge in [-0.1, -0.05) is 6.92 Å². The van der Waals surface area contributed by atoms with Gasteiger partial charge in [0.1, 0.15) is 5.82 Å². The van der Waals surface area contributed by atoms with Crippen molar-refractivity contribution in [2.75, 3.05) is 5.73 Å². The maximum Gasteiger partial charge on any atom is 0.489 e. The van der Waals surface area contributed by atoms with Gasteiger partial charge in [-0.15, -0.1) is 0 Å². The maximum atomic E-state index is 13.6. The van der Waals surface area contributed by atoms with Crippen LogP contribution in [0.15, 0.2) is 12.3 Å². The van der Waals surface area contributed by atoms with Crippen LogP contribution in [0.3, 0.4) is 0 Å². The molecule has 4 bridgehead atoms. The minimum absolute atomic E-state index is 0.0558. The molecule has 0 saturated carbocycles. The summed E-state index contributed by atoms with van der Waals surface area (Å²) in [4.78, 5) is 4.32. The molecule has 1 aromatic heterocycles. The lowest BCUT2D eigenvalue weighted by atomic mass is 9.48. The molecule has 3 fully saturated rings. The zero-order chi connectivity index (χ0) is 20.7. The number of hydrogen-bond donors (Lipinski definition) is 1. The van der Waals surface area contributed by atoms with Crippen LogP contribution in [0.2, 0.25) is 0 Å². The first-order valence-electron chi connectivity index (χ1n) is 9.92. The summed E-state index contributed by atoms with van der Waals surface area (Å²) in [7, 11) is -1.19. The summed E-state index contributed by atoms with van der Waals surface area (Å²) in [5.74, 6) is -0.609. The lowest BCUT2D eigenvalue weighted by Crippen LogP contribution is -2.57. The molecule has 4 atom stereocenters. The normalized spacial score (nSPS) is 36.9. The Labute approximate surface area is 166 Å². The van der Waals surface area contributed by atoms with Gasteiger partial charge in [0, 0.05) is 12.0 Å². The van der Waals surface area contributed by atoms with Crippen LogP contribution in [0.4, 0.5) is 10.1 Å². The summed E-state index contributed by atoms with van der Waals surface area (Å²) in [6.07, 6.45) is 1.87. The molecule has 152 valence electrons. The first-order valence-corrected chi connectivity index (χ1v) is 9.92. The summed E-state index contributed by atoms with van der Waals surface area (Å²) in [5, 5.41) is 0. The SMILES string of the molecule is CC(c1ncc(F)cc1N)C1CC2(C)OB(OC2(C)C)B2OC(C)(C)C1(C)O2. The number of pyridine rings is 1. The number of nitrogen functional groups attached to an aromatic ring is 1. The van der Waals surface area contributed by atoms with Gasteiger partial charge in [0.15, 0.2) is 0 Å². The van der Waals surface area contributed by atoms with Crippen LogP contribution in [-0.4, -0.2) is 41.4 Å². The predicted molar refractivity (Wildman–Crippen MR) is 106 cm³/mol. The monoisotopic (exact) mass is 390 g/mol. The number of nitrogens with two attached hydrogens (primary N) is 1. The van der Waals surface area contributed by atoms with E-state index < -0.39 is 42.2 Å². The first kappa shape index (κ1) is 20.1. The molecule has 4 rings (SSSR count). The highest BCUT2D eigenvalue weighted by Crippen LogP contribution is 2.56. The summed E-state index contributed by atoms with van der Waals surface area (Å²) in [5.41, 5.74) is 4.87. The predicted octanol–water partition coefficient (Wildman–Crippen LogP) is 3.15. The van der Waals surface area contributed by atoms with Gasteiger partial charge >= 0.3 is 14.0 Å². The summed E-state index contributed by atoms with van der Waals surface area (Å²) >= 11 is 0. The van der Waals surface area contributed by atoms with Gasteiger partial charge in [0.25, 0.3) is 0 Å². The van der Waals surface area contributed by atoms with Gasteiger partial charge in [-0.3, -0.25) is 4.98 Å². The van der Waals surface area contributed by atoms with Gasteiger partial charge in [-0.2, -0.15) is 0 Å². The number of fused-ring (bicyclic) bond motifs is 5. The van der Waals surface area contributed by atoms with Crippen molar-refractivity contribution >= 4 is 19.7 Å². The average Bonchev–Trinajstić information content (AvgIpc) is 2.95. The number of nitrogens with zero attached hydrogens (tertiary/aromatic N) is 1. The van der Waals surface area contributed by atoms with Gasteiger partial charge < -0.3 is 24.4 Å². The maximum absolute atomic E-state index is 13.6. The quantitative estimate of drug-likeness (QED) is 0.783. The fourth-order valence-corrected chi connectivity index (χ4v) is 5.01. The lowest BCUT2D eigenvalue weighted by Gasteiger charge is -2.49. The van der Waals surface area contributed by atoms with Crippen molar-refractivity contribution in [2.24, 2.45) is 5.92 Å². The third kappa shape index (κ3) is 2.66. The Morgan fingerprint density at radius 2 is 1.68 bits per heavy atom. The number of hydrogen-bond acceptors (Lipinski definition) is 6. The molecule has 0 amide bonds. The highest BCUT2D eigenvalue weighted by atomic mass is 19.1. The molecule has 2 N–H and O–H groups in total. The van der Waals surface area contributed by atoms with E-state index in [0.717, 1.165) is 0 Å². The zero-order valence-electron chi connectivity index (χ0n) is 17.7. The number of halogens is 1. The molecule has 3 aliphatic heterocycles. The molecular weight excluding hydrogens is 361 g/mol. The van der Waals surface area contributed by atoms with Crippen molar-refractivity contribution in [2.45, 2.75) is 83.2 Å². The second-order valence-corrected chi connectivity index (χ2v) is 9.79. The van der Waals surface area contributed by atoms with Crippen molar-refractivity contribution in [3.63, 3.8) is 0 Å². The molecule has 9 heteroatoms. The first-order chi connectivity index (χ1) is 12.8. The highest BCUT2D eigenvalue weighted by molar-refractivity contribution is 7.11. The van der Waals surface area contributed by atoms with E-state index >= 15 is 0 Å². The minimum atomic E-state index is -0.632. The molecule has 3 saturated heterocycles. The van der Waals surface area contributed by atoms with E-state index in [1.165, 1.54) is 12.3 Å². The molecule has 0 aliphatic carbocycles. The van der Waals surface area contributed by atoms with Crippen molar-refractivity contribution < 1.29 is 23.0 Å². The van der Waals surface area contributed by atoms with E-state index in [4.69, 9.17) is 24.4 Å². The van der Waals surface area contributed by atoms with Crippen LogP contribution in [0.5, 0.6) is 0 Å². The standard InChI is InChI=1S/C19H29B2FN2O4/c1-11(15-14(23)8-12(22)10-24-15)13-9-18(6)16(2,3)25-20(27-18)21-26-17(4,5)19(13,7)28-21/h8,10-11,13H,9,23H2,1-7H3. The van der Waals surface area contributed by atoms with Crippen molar-refractivity contribution in [1.82, 2.24) is 4.98 Å². The zero-order valence-corrected chi connectivity index (χ0v) is 17.7. The number of aromatic nitrogens is 1. The Hall–Kier alpha value is -1.15. The van der Waals surface area contributed by atoms with Gasteiger partial charge in [-0.05, 0) is 53.9 Å². The summed E-state index contributed by atoms with van der Waals surface area (Å²) in [6, 6.07) is 1.32. The molecule has 0 spiro atoms. The van der Waals surface area contributed by atoms with Crippen molar-refractivity contribution in [3.05, 3.63) is 23.8 Å². The summed E-state index contributed by atoms with van der Waals surface area (Å²) in [6.45, 7) is 14.3. The fraction of sp³-hybridized carbons (Fsp3) is 0.737. The Morgan fingerprint density at radius 3 is 2.32 bits per heavy atom. The largest absolute Gasteiger partial charge is 0.489 e. The molecule has 6 nitrogen and oxygen atoms in total. The van der Waals surface area contributed by atoms with E-state index in [1.54, 1.807) is 0 Å². The van der Waals surface area contributed by atoms with E-state index in [2.05, 4.69) is 25.8 Å². The van der Waals surface area contributed by atoms with Gasteiger partial charge in [0.2, 0.25) is 0 Å². The second kappa shape index (κ2) is 5.94. The van der Waals surface area contributed by atoms with Crippen LogP contribution in [0.25, 0.3) is 0 Å². The van der Waals surface area contributed by atoms with E-state index in [-0.39, 0.29) is 11.8 Å². The number of anilines is 1. The Morgan fingerprint density at radius 1 is 1.07 bits per heavy atom. The Balaban J connectivity index is 1.83.